The first-order valence-electron chi connectivity index (χ1n) is 3.82. The Bertz CT molecular complexity index is 263. The Labute approximate surface area is 82.8 Å². The number of hydrogen-bond acceptors (Lipinski definition) is 2. The molecular weight excluding hydrogens is 192 g/mol. The van der Waals surface area contributed by atoms with Crippen LogP contribution in [-0.2, 0) is 6.42 Å². The topological polar surface area (TPSA) is 20.2 Å². The van der Waals surface area contributed by atoms with Crippen LogP contribution in [0.2, 0.25) is 5.02 Å². The summed E-state index contributed by atoms with van der Waals surface area (Å²) in [5.74, 6) is 1.08. The lowest BCUT2D eigenvalue weighted by Crippen LogP contribution is -1.87. The van der Waals surface area contributed by atoms with Crippen molar-refractivity contribution in [1.82, 2.24) is 0 Å². The summed E-state index contributed by atoms with van der Waals surface area (Å²) in [5, 5.41) is 9.70. The van der Waals surface area contributed by atoms with E-state index in [4.69, 9.17) is 16.7 Å². The molecule has 1 aromatic rings. The van der Waals surface area contributed by atoms with Gasteiger partial charge in [0.15, 0.2) is 0 Å². The summed E-state index contributed by atoms with van der Waals surface area (Å²) in [7, 11) is 0. The van der Waals surface area contributed by atoms with E-state index in [0.29, 0.717) is 5.02 Å². The highest BCUT2D eigenvalue weighted by Gasteiger charge is 1.99. The Morgan fingerprint density at radius 2 is 2.17 bits per heavy atom. The SMILES string of the molecule is Oc1ccc(CCCS)c(Cl)c1. The summed E-state index contributed by atoms with van der Waals surface area (Å²) in [4.78, 5) is 0. The average Bonchev–Trinajstić information content (AvgIpc) is 2.03. The first-order valence-corrected chi connectivity index (χ1v) is 4.83. The Hall–Kier alpha value is -0.340. The monoisotopic (exact) mass is 202 g/mol. The highest BCUT2D eigenvalue weighted by atomic mass is 35.5. The van der Waals surface area contributed by atoms with Crippen molar-refractivity contribution in [2.45, 2.75) is 12.8 Å². The molecule has 66 valence electrons. The molecule has 0 fully saturated rings. The van der Waals surface area contributed by atoms with Gasteiger partial charge in [0.1, 0.15) is 5.75 Å². The van der Waals surface area contributed by atoms with Crippen molar-refractivity contribution in [3.63, 3.8) is 0 Å². The summed E-state index contributed by atoms with van der Waals surface area (Å²) < 4.78 is 0. The molecule has 0 spiro atoms. The number of phenols is 1. The molecule has 0 heterocycles. The quantitative estimate of drug-likeness (QED) is 0.723. The van der Waals surface area contributed by atoms with Crippen molar-refractivity contribution in [3.05, 3.63) is 28.8 Å². The second-order valence-corrected chi connectivity index (χ2v) is 3.46. The predicted octanol–water partition coefficient (Wildman–Crippen LogP) is 2.91. The molecule has 0 saturated carbocycles. The zero-order valence-corrected chi connectivity index (χ0v) is 8.28. The van der Waals surface area contributed by atoms with Gasteiger partial charge in [0.2, 0.25) is 0 Å². The van der Waals surface area contributed by atoms with Gasteiger partial charge >= 0.3 is 0 Å². The van der Waals surface area contributed by atoms with Gasteiger partial charge < -0.3 is 5.11 Å². The van der Waals surface area contributed by atoms with Crippen molar-refractivity contribution in [1.29, 1.82) is 0 Å². The molecule has 0 aliphatic heterocycles. The van der Waals surface area contributed by atoms with E-state index in [1.807, 2.05) is 6.07 Å². The lowest BCUT2D eigenvalue weighted by molar-refractivity contribution is 0.475. The van der Waals surface area contributed by atoms with Gasteiger partial charge in [0, 0.05) is 5.02 Å². The van der Waals surface area contributed by atoms with E-state index in [0.717, 1.165) is 24.2 Å². The molecule has 12 heavy (non-hydrogen) atoms. The number of rotatable bonds is 3. The van der Waals surface area contributed by atoms with Gasteiger partial charge in [-0.05, 0) is 36.3 Å². The van der Waals surface area contributed by atoms with E-state index in [1.54, 1.807) is 12.1 Å². The molecule has 1 rings (SSSR count). The maximum Gasteiger partial charge on any atom is 0.117 e. The Kier molecular flexibility index (Phi) is 3.76. The second kappa shape index (κ2) is 4.63. The molecule has 0 aliphatic rings. The molecule has 0 unspecified atom stereocenters. The van der Waals surface area contributed by atoms with Crippen LogP contribution in [0, 0.1) is 0 Å². The molecule has 1 aromatic carbocycles. The number of benzene rings is 1. The summed E-state index contributed by atoms with van der Waals surface area (Å²) in [6, 6.07) is 5.07. The lowest BCUT2D eigenvalue weighted by atomic mass is 10.1. The van der Waals surface area contributed by atoms with Crippen LogP contribution in [0.3, 0.4) is 0 Å². The van der Waals surface area contributed by atoms with Crippen LogP contribution in [0.25, 0.3) is 0 Å². The molecule has 0 aromatic heterocycles. The normalized spacial score (nSPS) is 10.2. The molecule has 3 heteroatoms. The van der Waals surface area contributed by atoms with Crippen LogP contribution < -0.4 is 0 Å². The first-order chi connectivity index (χ1) is 5.74. The molecule has 0 bridgehead atoms. The third-order valence-corrected chi connectivity index (χ3v) is 2.31. The van der Waals surface area contributed by atoms with Crippen LogP contribution in [0.1, 0.15) is 12.0 Å². The van der Waals surface area contributed by atoms with Gasteiger partial charge in [0.05, 0.1) is 0 Å². The van der Waals surface area contributed by atoms with Crippen LogP contribution in [0.4, 0.5) is 0 Å². The standard InChI is InChI=1S/C9H11ClOS/c10-9-6-8(11)4-3-7(9)2-1-5-12/h3-4,6,11-12H,1-2,5H2. The maximum absolute atomic E-state index is 9.06. The summed E-state index contributed by atoms with van der Waals surface area (Å²) in [6.07, 6.45) is 1.93. The van der Waals surface area contributed by atoms with E-state index in [-0.39, 0.29) is 5.75 Å². The van der Waals surface area contributed by atoms with E-state index in [9.17, 15) is 0 Å². The molecule has 1 N–H and O–H groups in total. The van der Waals surface area contributed by atoms with Crippen molar-refractivity contribution in [2.24, 2.45) is 0 Å². The predicted molar refractivity (Wildman–Crippen MR) is 55.3 cm³/mol. The smallest absolute Gasteiger partial charge is 0.117 e. The summed E-state index contributed by atoms with van der Waals surface area (Å²) >= 11 is 9.99. The van der Waals surface area contributed by atoms with Crippen LogP contribution >= 0.6 is 24.2 Å². The average molecular weight is 203 g/mol. The zero-order chi connectivity index (χ0) is 8.97. The Morgan fingerprint density at radius 1 is 1.42 bits per heavy atom. The molecule has 0 amide bonds. The molecular formula is C9H11ClOS. The fourth-order valence-corrected chi connectivity index (χ4v) is 1.44. The number of aryl methyl sites for hydroxylation is 1. The van der Waals surface area contributed by atoms with Crippen LogP contribution in [0.5, 0.6) is 5.75 Å². The minimum absolute atomic E-state index is 0.217. The highest BCUT2D eigenvalue weighted by Crippen LogP contribution is 2.22. The number of phenolic OH excluding ortho intramolecular Hbond substituents is 1. The van der Waals surface area contributed by atoms with Gasteiger partial charge in [-0.3, -0.25) is 0 Å². The van der Waals surface area contributed by atoms with Crippen molar-refractivity contribution in [3.8, 4) is 5.75 Å². The number of hydrogen-bond donors (Lipinski definition) is 2. The lowest BCUT2D eigenvalue weighted by Gasteiger charge is -2.02. The van der Waals surface area contributed by atoms with Gasteiger partial charge in [-0.2, -0.15) is 12.6 Å². The van der Waals surface area contributed by atoms with E-state index >= 15 is 0 Å². The molecule has 0 aliphatic carbocycles. The molecule has 0 radical (unpaired) electrons. The Morgan fingerprint density at radius 3 is 2.75 bits per heavy atom. The third-order valence-electron chi connectivity index (χ3n) is 1.64. The van der Waals surface area contributed by atoms with Crippen molar-refractivity contribution < 1.29 is 5.11 Å². The maximum atomic E-state index is 9.06. The Balaban J connectivity index is 2.72. The van der Waals surface area contributed by atoms with Crippen molar-refractivity contribution >= 4 is 24.2 Å². The van der Waals surface area contributed by atoms with Crippen LogP contribution in [-0.4, -0.2) is 10.9 Å². The minimum Gasteiger partial charge on any atom is -0.508 e. The van der Waals surface area contributed by atoms with Crippen LogP contribution in [0.15, 0.2) is 18.2 Å². The minimum atomic E-state index is 0.217. The van der Waals surface area contributed by atoms with Gasteiger partial charge in [-0.1, -0.05) is 17.7 Å². The fourth-order valence-electron chi connectivity index (χ4n) is 1.01. The van der Waals surface area contributed by atoms with E-state index in [1.165, 1.54) is 0 Å². The number of halogens is 1. The molecule has 0 atom stereocenters. The van der Waals surface area contributed by atoms with Gasteiger partial charge in [-0.25, -0.2) is 0 Å². The summed E-state index contributed by atoms with van der Waals surface area (Å²) in [5.41, 5.74) is 1.07. The van der Waals surface area contributed by atoms with Gasteiger partial charge in [-0.15, -0.1) is 0 Å². The van der Waals surface area contributed by atoms with Crippen molar-refractivity contribution in [2.75, 3.05) is 5.75 Å². The zero-order valence-electron chi connectivity index (χ0n) is 6.63. The highest BCUT2D eigenvalue weighted by molar-refractivity contribution is 7.80. The van der Waals surface area contributed by atoms with Gasteiger partial charge in [0.25, 0.3) is 0 Å². The summed E-state index contributed by atoms with van der Waals surface area (Å²) in [6.45, 7) is 0. The largest absolute Gasteiger partial charge is 0.508 e. The number of aromatic hydroxyl groups is 1. The van der Waals surface area contributed by atoms with E-state index in [2.05, 4.69) is 12.6 Å². The second-order valence-electron chi connectivity index (χ2n) is 2.60. The molecule has 0 saturated heterocycles. The first kappa shape index (κ1) is 9.75. The number of thiol groups is 1. The van der Waals surface area contributed by atoms with E-state index < -0.39 is 0 Å². The molecule has 1 nitrogen and oxygen atoms in total. The fraction of sp³-hybridized carbons (Fsp3) is 0.333. The third kappa shape index (κ3) is 2.61.